The van der Waals surface area contributed by atoms with Gasteiger partial charge in [-0.25, -0.2) is 0 Å². The van der Waals surface area contributed by atoms with E-state index in [-0.39, 0.29) is 30.9 Å². The lowest BCUT2D eigenvalue weighted by Gasteiger charge is -2.36. The van der Waals surface area contributed by atoms with Crippen molar-refractivity contribution in [2.45, 2.75) is 65.0 Å². The highest BCUT2D eigenvalue weighted by Gasteiger charge is 2.28. The van der Waals surface area contributed by atoms with Gasteiger partial charge in [-0.05, 0) is 62.3 Å². The number of rotatable bonds is 10. The molecule has 7 heteroatoms. The number of amides is 2. The molecular formula is C28H39N5O2. The second-order valence-electron chi connectivity index (χ2n) is 9.90. The van der Waals surface area contributed by atoms with E-state index < -0.39 is 0 Å². The zero-order valence-corrected chi connectivity index (χ0v) is 21.6. The Hall–Kier alpha value is -3.11. The van der Waals surface area contributed by atoms with Crippen molar-refractivity contribution < 1.29 is 9.59 Å². The number of nitrogens with one attached hydrogen (secondary N) is 2. The molecule has 3 rings (SSSR count). The molecule has 0 heterocycles. The van der Waals surface area contributed by atoms with E-state index in [4.69, 9.17) is 0 Å². The summed E-state index contributed by atoms with van der Waals surface area (Å²) in [5, 5.41) is 15.6. The quantitative estimate of drug-likeness (QED) is 0.504. The lowest BCUT2D eigenvalue weighted by atomic mass is 9.83. The van der Waals surface area contributed by atoms with Crippen LogP contribution in [0.15, 0.2) is 41.5 Å². The summed E-state index contributed by atoms with van der Waals surface area (Å²) in [5.74, 6) is -0.157. The smallest absolute Gasteiger partial charge is 0.242 e. The normalized spacial score (nSPS) is 17.1. The molecule has 1 aromatic rings. The first-order valence-corrected chi connectivity index (χ1v) is 12.7. The van der Waals surface area contributed by atoms with Crippen molar-refractivity contribution in [2.24, 2.45) is 0 Å². The van der Waals surface area contributed by atoms with Crippen LogP contribution in [0.4, 0.5) is 5.69 Å². The molecule has 2 N–H and O–H groups in total. The topological polar surface area (TPSA) is 88.5 Å². The van der Waals surface area contributed by atoms with Gasteiger partial charge in [-0.3, -0.25) is 9.59 Å². The molecule has 0 bridgehead atoms. The second-order valence-corrected chi connectivity index (χ2v) is 9.90. The van der Waals surface area contributed by atoms with E-state index in [1.807, 2.05) is 24.9 Å². The number of nitrogens with zero attached hydrogens (tertiary/aromatic N) is 3. The highest BCUT2D eigenvalue weighted by molar-refractivity contribution is 5.87. The molecular weight excluding hydrogens is 438 g/mol. The van der Waals surface area contributed by atoms with Crippen LogP contribution in [0.3, 0.4) is 0 Å². The van der Waals surface area contributed by atoms with Crippen LogP contribution in [-0.4, -0.2) is 62.0 Å². The molecule has 2 amide bonds. The van der Waals surface area contributed by atoms with Crippen LogP contribution < -0.4 is 15.5 Å². The Bertz CT molecular complexity index is 1020. The van der Waals surface area contributed by atoms with Gasteiger partial charge in [0.1, 0.15) is 0 Å². The Kier molecular flexibility index (Phi) is 9.50. The molecule has 0 aliphatic heterocycles. The van der Waals surface area contributed by atoms with Crippen LogP contribution in [0.5, 0.6) is 0 Å². The Morgan fingerprint density at radius 1 is 1.20 bits per heavy atom. The molecule has 188 valence electrons. The number of anilines is 1. The molecule has 1 unspecified atom stereocenters. The SMILES string of the molecule is Cc1ccc(C#N)cc1N(CC(=O)NCCNC(C)C)CC(=O)N(C)C1CCC2=C(CCC=C2)C1. The molecule has 35 heavy (non-hydrogen) atoms. The van der Waals surface area contributed by atoms with Gasteiger partial charge in [-0.2, -0.15) is 5.26 Å². The first kappa shape index (κ1) is 26.5. The maximum absolute atomic E-state index is 13.4. The van der Waals surface area contributed by atoms with E-state index in [9.17, 15) is 14.9 Å². The fourth-order valence-corrected chi connectivity index (χ4v) is 4.81. The van der Waals surface area contributed by atoms with Crippen molar-refractivity contribution in [1.82, 2.24) is 15.5 Å². The molecule has 1 atom stereocenters. The van der Waals surface area contributed by atoms with Gasteiger partial charge in [0.05, 0.1) is 24.7 Å². The van der Waals surface area contributed by atoms with Crippen LogP contribution in [0.25, 0.3) is 0 Å². The van der Waals surface area contributed by atoms with E-state index in [0.717, 1.165) is 43.4 Å². The summed E-state index contributed by atoms with van der Waals surface area (Å²) in [6.07, 6.45) is 9.54. The lowest BCUT2D eigenvalue weighted by molar-refractivity contribution is -0.130. The van der Waals surface area contributed by atoms with Crippen molar-refractivity contribution in [1.29, 1.82) is 5.26 Å². The van der Waals surface area contributed by atoms with Gasteiger partial charge in [-0.15, -0.1) is 0 Å². The van der Waals surface area contributed by atoms with Gasteiger partial charge >= 0.3 is 0 Å². The highest BCUT2D eigenvalue weighted by atomic mass is 16.2. The number of carbonyl (C=O) groups is 2. The average Bonchev–Trinajstić information content (AvgIpc) is 2.85. The first-order chi connectivity index (χ1) is 16.8. The van der Waals surface area contributed by atoms with Crippen LogP contribution in [0.2, 0.25) is 0 Å². The molecule has 0 radical (unpaired) electrons. The third-order valence-corrected chi connectivity index (χ3v) is 6.90. The molecule has 7 nitrogen and oxygen atoms in total. The fourth-order valence-electron chi connectivity index (χ4n) is 4.81. The Balaban J connectivity index is 1.70. The fraction of sp³-hybridized carbons (Fsp3) is 0.536. The average molecular weight is 478 g/mol. The zero-order valence-electron chi connectivity index (χ0n) is 21.6. The van der Waals surface area contributed by atoms with Crippen molar-refractivity contribution in [3.05, 3.63) is 52.6 Å². The predicted molar refractivity (Wildman–Crippen MR) is 140 cm³/mol. The summed E-state index contributed by atoms with van der Waals surface area (Å²) in [5.41, 5.74) is 5.10. The van der Waals surface area contributed by atoms with Crippen LogP contribution in [-0.2, 0) is 9.59 Å². The van der Waals surface area contributed by atoms with Gasteiger partial charge in [0.2, 0.25) is 11.8 Å². The number of aryl methyl sites for hydroxylation is 1. The third kappa shape index (κ3) is 7.43. The minimum Gasteiger partial charge on any atom is -0.353 e. The van der Waals surface area contributed by atoms with Crippen molar-refractivity contribution in [3.8, 4) is 6.07 Å². The predicted octanol–water partition coefficient (Wildman–Crippen LogP) is 3.44. The minimum atomic E-state index is -0.144. The van der Waals surface area contributed by atoms with E-state index in [1.165, 1.54) is 11.1 Å². The van der Waals surface area contributed by atoms with Gasteiger partial charge < -0.3 is 20.4 Å². The van der Waals surface area contributed by atoms with E-state index in [2.05, 4.69) is 42.7 Å². The Morgan fingerprint density at radius 2 is 2.00 bits per heavy atom. The van der Waals surface area contributed by atoms with Crippen LogP contribution in [0, 0.1) is 18.3 Å². The lowest BCUT2D eigenvalue weighted by Crippen LogP contribution is -2.47. The molecule has 0 saturated heterocycles. The molecule has 0 fully saturated rings. The number of benzene rings is 1. The summed E-state index contributed by atoms with van der Waals surface area (Å²) in [7, 11) is 1.88. The second kappa shape index (κ2) is 12.6. The van der Waals surface area contributed by atoms with Gasteiger partial charge in [0, 0.05) is 37.9 Å². The summed E-state index contributed by atoms with van der Waals surface area (Å²) in [4.78, 5) is 29.8. The van der Waals surface area contributed by atoms with Crippen molar-refractivity contribution in [2.75, 3.05) is 38.1 Å². The molecule has 0 aromatic heterocycles. The van der Waals surface area contributed by atoms with E-state index in [0.29, 0.717) is 24.7 Å². The maximum Gasteiger partial charge on any atom is 0.242 e. The maximum atomic E-state index is 13.4. The molecule has 0 saturated carbocycles. The minimum absolute atomic E-state index is 0.0126. The zero-order chi connectivity index (χ0) is 25.4. The number of nitriles is 1. The summed E-state index contributed by atoms with van der Waals surface area (Å²) < 4.78 is 0. The van der Waals surface area contributed by atoms with Gasteiger partial charge in [-0.1, -0.05) is 37.6 Å². The number of allylic oxidation sites excluding steroid dienone is 3. The number of carbonyl (C=O) groups excluding carboxylic acids is 2. The van der Waals surface area contributed by atoms with Crippen LogP contribution in [0.1, 0.15) is 57.1 Å². The standard InChI is InChI=1S/C28H39N5O2/c1-20(2)30-13-14-31-27(34)18-33(26-15-22(17-29)10-9-21(26)3)19-28(35)32(4)25-12-11-23-7-5-6-8-24(23)16-25/h5,7,9-10,15,20,25,30H,6,8,11-14,16,18-19H2,1-4H3,(H,31,34). The summed E-state index contributed by atoms with van der Waals surface area (Å²) in [6.45, 7) is 7.41. The molecule has 0 spiro atoms. The number of hydrogen-bond acceptors (Lipinski definition) is 5. The first-order valence-electron chi connectivity index (χ1n) is 12.7. The van der Waals surface area contributed by atoms with E-state index >= 15 is 0 Å². The van der Waals surface area contributed by atoms with Crippen molar-refractivity contribution in [3.63, 3.8) is 0 Å². The summed E-state index contributed by atoms with van der Waals surface area (Å²) >= 11 is 0. The van der Waals surface area contributed by atoms with Crippen LogP contribution >= 0.6 is 0 Å². The Labute approximate surface area is 209 Å². The largest absolute Gasteiger partial charge is 0.353 e. The third-order valence-electron chi connectivity index (χ3n) is 6.90. The molecule has 2 aliphatic rings. The van der Waals surface area contributed by atoms with Gasteiger partial charge in [0.25, 0.3) is 0 Å². The summed E-state index contributed by atoms with van der Waals surface area (Å²) in [6, 6.07) is 8.09. The number of likely N-dealkylation sites (N-methyl/N-ethyl adjacent to an activating group) is 1. The Morgan fingerprint density at radius 3 is 2.74 bits per heavy atom. The molecule has 2 aliphatic carbocycles. The van der Waals surface area contributed by atoms with Gasteiger partial charge in [0.15, 0.2) is 0 Å². The molecule has 1 aromatic carbocycles. The monoisotopic (exact) mass is 477 g/mol. The number of hydrogen-bond donors (Lipinski definition) is 2. The highest BCUT2D eigenvalue weighted by Crippen LogP contribution is 2.34. The van der Waals surface area contributed by atoms with E-state index in [1.54, 1.807) is 17.0 Å². The van der Waals surface area contributed by atoms with Crippen molar-refractivity contribution >= 4 is 17.5 Å².